The second-order valence-corrected chi connectivity index (χ2v) is 10.9. The van der Waals surface area contributed by atoms with Gasteiger partial charge < -0.3 is 24.4 Å². The maximum absolute atomic E-state index is 13.3. The number of carbonyl (C=O) groups is 3. The lowest BCUT2D eigenvalue weighted by atomic mass is 9.91. The monoisotopic (exact) mass is 546 g/mol. The number of sulfonamides is 1. The zero-order chi connectivity index (χ0) is 27.7. The van der Waals surface area contributed by atoms with Crippen LogP contribution in [0.3, 0.4) is 0 Å². The van der Waals surface area contributed by atoms with Crippen LogP contribution in [-0.2, 0) is 25.2 Å². The summed E-state index contributed by atoms with van der Waals surface area (Å²) < 4.78 is 42.9. The first-order valence-corrected chi connectivity index (χ1v) is 13.3. The molecule has 2 fully saturated rings. The van der Waals surface area contributed by atoms with Crippen molar-refractivity contribution in [1.82, 2.24) is 19.4 Å². The number of carbonyl (C=O) groups excluding carboxylic acids is 3. The van der Waals surface area contributed by atoms with Gasteiger partial charge in [-0.15, -0.1) is 0 Å². The van der Waals surface area contributed by atoms with E-state index >= 15 is 0 Å². The number of nitrogens with zero attached hydrogens (tertiary/aromatic N) is 3. The summed E-state index contributed by atoms with van der Waals surface area (Å²) >= 11 is 0. The number of imide groups is 1. The molecule has 0 bridgehead atoms. The van der Waals surface area contributed by atoms with Crippen LogP contribution in [0.15, 0.2) is 47.4 Å². The Morgan fingerprint density at radius 1 is 0.921 bits per heavy atom. The van der Waals surface area contributed by atoms with Gasteiger partial charge in [0.15, 0.2) is 11.5 Å². The third kappa shape index (κ3) is 4.86. The van der Waals surface area contributed by atoms with Gasteiger partial charge in [-0.1, -0.05) is 6.07 Å². The number of urea groups is 1. The molecular weight excluding hydrogens is 516 g/mol. The average Bonchev–Trinajstić information content (AvgIpc) is 3.16. The van der Waals surface area contributed by atoms with Gasteiger partial charge in [0, 0.05) is 26.2 Å². The summed E-state index contributed by atoms with van der Waals surface area (Å²) in [5.74, 6) is 0.375. The van der Waals surface area contributed by atoms with Crippen LogP contribution in [0.5, 0.6) is 17.2 Å². The van der Waals surface area contributed by atoms with Crippen molar-refractivity contribution in [3.63, 3.8) is 0 Å². The summed E-state index contributed by atoms with van der Waals surface area (Å²) in [6, 6.07) is 10.3. The first kappa shape index (κ1) is 27.2. The third-order valence-electron chi connectivity index (χ3n) is 6.82. The molecule has 0 unspecified atom stereocenters. The van der Waals surface area contributed by atoms with Crippen LogP contribution in [0.25, 0.3) is 0 Å². The van der Waals surface area contributed by atoms with E-state index in [1.165, 1.54) is 42.7 Å². The SMILES string of the molecule is COc1ccc(S(=O)(=O)N2CCN(C(=O)CN3C(=O)N[C@](C)(c4ccc(OC)c(OC)c4)C3=O)CC2)cc1. The Bertz CT molecular complexity index is 1340. The summed E-state index contributed by atoms with van der Waals surface area (Å²) in [5, 5.41) is 2.67. The van der Waals surface area contributed by atoms with E-state index in [1.54, 1.807) is 37.3 Å². The molecule has 4 rings (SSSR count). The topological polar surface area (TPSA) is 135 Å². The quantitative estimate of drug-likeness (QED) is 0.485. The van der Waals surface area contributed by atoms with Gasteiger partial charge in [-0.05, 0) is 48.9 Å². The van der Waals surface area contributed by atoms with Crippen LogP contribution >= 0.6 is 0 Å². The average molecular weight is 547 g/mol. The Balaban J connectivity index is 1.41. The lowest BCUT2D eigenvalue weighted by molar-refractivity contribution is -0.139. The molecule has 0 radical (unpaired) electrons. The molecule has 1 N–H and O–H groups in total. The molecule has 0 saturated carbocycles. The molecule has 1 atom stereocenters. The highest BCUT2D eigenvalue weighted by Gasteiger charge is 2.50. The molecule has 2 aliphatic heterocycles. The normalized spacial score (nSPS) is 20.3. The number of benzene rings is 2. The van der Waals surface area contributed by atoms with Crippen molar-refractivity contribution < 1.29 is 37.0 Å². The van der Waals surface area contributed by atoms with E-state index in [1.807, 2.05) is 0 Å². The maximum Gasteiger partial charge on any atom is 0.325 e. The van der Waals surface area contributed by atoms with Crippen LogP contribution < -0.4 is 19.5 Å². The molecule has 2 aromatic rings. The summed E-state index contributed by atoms with van der Waals surface area (Å²) in [5.41, 5.74) is -0.928. The van der Waals surface area contributed by atoms with Crippen LogP contribution in [0, 0.1) is 0 Å². The molecule has 4 amide bonds. The number of piperazine rings is 1. The van der Waals surface area contributed by atoms with E-state index < -0.39 is 40.0 Å². The maximum atomic E-state index is 13.3. The molecule has 0 aliphatic carbocycles. The van der Waals surface area contributed by atoms with E-state index in [4.69, 9.17) is 14.2 Å². The minimum Gasteiger partial charge on any atom is -0.497 e. The molecule has 2 saturated heterocycles. The van der Waals surface area contributed by atoms with Gasteiger partial charge in [0.05, 0.1) is 26.2 Å². The van der Waals surface area contributed by atoms with E-state index in [0.717, 1.165) is 4.90 Å². The lowest BCUT2D eigenvalue weighted by Crippen LogP contribution is -2.53. The van der Waals surface area contributed by atoms with Crippen molar-refractivity contribution in [2.24, 2.45) is 0 Å². The number of methoxy groups -OCH3 is 3. The van der Waals surface area contributed by atoms with Crippen molar-refractivity contribution in [2.45, 2.75) is 17.4 Å². The molecule has 0 aromatic heterocycles. The first-order chi connectivity index (χ1) is 18.0. The Hall–Kier alpha value is -3.84. The Morgan fingerprint density at radius 3 is 2.13 bits per heavy atom. The fourth-order valence-corrected chi connectivity index (χ4v) is 5.92. The molecule has 2 aromatic carbocycles. The van der Waals surface area contributed by atoms with Crippen LogP contribution in [0.1, 0.15) is 12.5 Å². The largest absolute Gasteiger partial charge is 0.497 e. The number of nitrogens with one attached hydrogen (secondary N) is 1. The molecule has 204 valence electrons. The van der Waals surface area contributed by atoms with Gasteiger partial charge in [-0.25, -0.2) is 13.2 Å². The van der Waals surface area contributed by atoms with Gasteiger partial charge >= 0.3 is 6.03 Å². The van der Waals surface area contributed by atoms with Gasteiger partial charge in [-0.3, -0.25) is 14.5 Å². The molecule has 2 aliphatic rings. The highest BCUT2D eigenvalue weighted by molar-refractivity contribution is 7.89. The molecule has 13 heteroatoms. The third-order valence-corrected chi connectivity index (χ3v) is 8.73. The van der Waals surface area contributed by atoms with Crippen LogP contribution in [0.2, 0.25) is 0 Å². The second-order valence-electron chi connectivity index (χ2n) is 8.98. The molecular formula is C25H30N4O8S. The number of rotatable bonds is 8. The summed E-state index contributed by atoms with van der Waals surface area (Å²) in [7, 11) is 0.709. The van der Waals surface area contributed by atoms with Gasteiger partial charge in [0.25, 0.3) is 5.91 Å². The Kier molecular flexibility index (Phi) is 7.51. The predicted octanol–water partition coefficient (Wildman–Crippen LogP) is 1.01. The van der Waals surface area contributed by atoms with Gasteiger partial charge in [-0.2, -0.15) is 4.31 Å². The minimum absolute atomic E-state index is 0.0869. The fourth-order valence-electron chi connectivity index (χ4n) is 4.49. The lowest BCUT2D eigenvalue weighted by Gasteiger charge is -2.34. The Morgan fingerprint density at radius 2 is 1.55 bits per heavy atom. The number of hydrogen-bond acceptors (Lipinski definition) is 8. The van der Waals surface area contributed by atoms with Crippen LogP contribution in [-0.4, -0.2) is 94.4 Å². The van der Waals surface area contributed by atoms with Crippen molar-refractivity contribution in [2.75, 3.05) is 54.1 Å². The first-order valence-electron chi connectivity index (χ1n) is 11.8. The zero-order valence-electron chi connectivity index (χ0n) is 21.6. The van der Waals surface area contributed by atoms with Gasteiger partial charge in [0.2, 0.25) is 15.9 Å². The predicted molar refractivity (Wildman–Crippen MR) is 135 cm³/mol. The van der Waals surface area contributed by atoms with E-state index in [9.17, 15) is 22.8 Å². The highest BCUT2D eigenvalue weighted by atomic mass is 32.2. The number of hydrogen-bond donors (Lipinski definition) is 1. The standard InChI is InChI=1S/C25H30N4O8S/c1-25(17-5-10-20(36-3)21(15-17)37-4)23(31)29(24(32)26-25)16-22(30)27-11-13-28(14-12-27)38(33,34)19-8-6-18(35-2)7-9-19/h5-10,15H,11-14,16H2,1-4H3,(H,26,32)/t25-/m1/s1. The molecule has 38 heavy (non-hydrogen) atoms. The molecule has 0 spiro atoms. The van der Waals surface area contributed by atoms with Crippen molar-refractivity contribution in [3.05, 3.63) is 48.0 Å². The fraction of sp³-hybridized carbons (Fsp3) is 0.400. The summed E-state index contributed by atoms with van der Waals surface area (Å²) in [6.45, 7) is 1.53. The number of ether oxygens (including phenoxy) is 3. The number of amides is 4. The van der Waals surface area contributed by atoms with E-state index in [-0.39, 0.29) is 31.1 Å². The summed E-state index contributed by atoms with van der Waals surface area (Å²) in [4.78, 5) is 41.5. The zero-order valence-corrected chi connectivity index (χ0v) is 22.4. The smallest absolute Gasteiger partial charge is 0.325 e. The van der Waals surface area contributed by atoms with E-state index in [0.29, 0.717) is 22.8 Å². The molecule has 2 heterocycles. The summed E-state index contributed by atoms with van der Waals surface area (Å²) in [6.07, 6.45) is 0. The van der Waals surface area contributed by atoms with Crippen molar-refractivity contribution >= 4 is 27.9 Å². The highest BCUT2D eigenvalue weighted by Crippen LogP contribution is 2.35. The van der Waals surface area contributed by atoms with Crippen LogP contribution in [0.4, 0.5) is 4.79 Å². The van der Waals surface area contributed by atoms with Crippen molar-refractivity contribution in [1.29, 1.82) is 0 Å². The van der Waals surface area contributed by atoms with Gasteiger partial charge in [0.1, 0.15) is 17.8 Å². The molecule has 12 nitrogen and oxygen atoms in total. The second kappa shape index (κ2) is 10.5. The minimum atomic E-state index is -3.74. The van der Waals surface area contributed by atoms with Crippen molar-refractivity contribution in [3.8, 4) is 17.2 Å². The Labute approximate surface area is 221 Å². The van der Waals surface area contributed by atoms with E-state index in [2.05, 4.69) is 5.32 Å².